The van der Waals surface area contributed by atoms with E-state index in [2.05, 4.69) is 10.3 Å². The van der Waals surface area contributed by atoms with Gasteiger partial charge in [0.15, 0.2) is 5.13 Å². The topological polar surface area (TPSA) is 68.0 Å². The Bertz CT molecular complexity index is 526. The van der Waals surface area contributed by atoms with Crippen LogP contribution in [-0.2, 0) is 4.79 Å². The van der Waals surface area contributed by atoms with Crippen molar-refractivity contribution in [2.24, 2.45) is 5.73 Å². The number of amides is 1. The number of nitrogens with one attached hydrogen (secondary N) is 1. The second-order valence-electron chi connectivity index (χ2n) is 3.22. The fraction of sp³-hybridized carbons (Fsp3) is 0.200. The Morgan fingerprint density at radius 2 is 2.38 bits per heavy atom. The zero-order chi connectivity index (χ0) is 11.5. The number of rotatable bonds is 3. The van der Waals surface area contributed by atoms with E-state index in [0.29, 0.717) is 23.1 Å². The van der Waals surface area contributed by atoms with E-state index >= 15 is 0 Å². The van der Waals surface area contributed by atoms with Crippen LogP contribution in [0.3, 0.4) is 0 Å². The highest BCUT2D eigenvalue weighted by Gasteiger charge is 2.07. The van der Waals surface area contributed by atoms with E-state index in [1.54, 1.807) is 6.07 Å². The number of nitrogens with two attached hydrogens (primary N) is 1. The number of hydrogen-bond donors (Lipinski definition) is 2. The normalized spacial score (nSPS) is 10.6. The summed E-state index contributed by atoms with van der Waals surface area (Å²) in [5.74, 6) is -0.118. The first-order valence-electron chi connectivity index (χ1n) is 4.75. The molecular weight excluding hydrogens is 246 g/mol. The molecule has 0 fully saturated rings. The molecule has 0 aliphatic heterocycles. The van der Waals surface area contributed by atoms with Crippen molar-refractivity contribution in [3.63, 3.8) is 0 Å². The number of aromatic nitrogens is 1. The monoisotopic (exact) mass is 255 g/mol. The third-order valence-electron chi connectivity index (χ3n) is 1.97. The largest absolute Gasteiger partial charge is 0.330 e. The van der Waals surface area contributed by atoms with Crippen molar-refractivity contribution in [3.05, 3.63) is 23.2 Å². The van der Waals surface area contributed by atoms with Gasteiger partial charge in [-0.1, -0.05) is 22.9 Å². The molecule has 0 atom stereocenters. The van der Waals surface area contributed by atoms with E-state index in [4.69, 9.17) is 17.3 Å². The van der Waals surface area contributed by atoms with Crippen molar-refractivity contribution in [1.29, 1.82) is 0 Å². The Hall–Kier alpha value is -1.17. The smallest absolute Gasteiger partial charge is 0.227 e. The third-order valence-corrected chi connectivity index (χ3v) is 3.14. The van der Waals surface area contributed by atoms with Gasteiger partial charge >= 0.3 is 0 Å². The highest BCUT2D eigenvalue weighted by Crippen LogP contribution is 2.28. The third kappa shape index (κ3) is 2.49. The van der Waals surface area contributed by atoms with Gasteiger partial charge < -0.3 is 11.1 Å². The lowest BCUT2D eigenvalue weighted by Crippen LogP contribution is -2.15. The quantitative estimate of drug-likeness (QED) is 0.884. The molecule has 0 radical (unpaired) electrons. The number of carbonyl (C=O) groups excluding carboxylic acids is 1. The zero-order valence-electron chi connectivity index (χ0n) is 8.37. The maximum atomic E-state index is 11.3. The minimum Gasteiger partial charge on any atom is -0.330 e. The van der Waals surface area contributed by atoms with Crippen LogP contribution in [0.25, 0.3) is 10.2 Å². The molecular formula is C10H10ClN3OS. The van der Waals surface area contributed by atoms with Gasteiger partial charge in [-0.3, -0.25) is 4.79 Å². The first kappa shape index (κ1) is 11.3. The average Bonchev–Trinajstić information content (AvgIpc) is 2.59. The van der Waals surface area contributed by atoms with E-state index in [9.17, 15) is 4.79 Å². The minimum atomic E-state index is -0.118. The molecule has 2 rings (SSSR count). The highest BCUT2D eigenvalue weighted by atomic mass is 35.5. The van der Waals surface area contributed by atoms with E-state index in [0.717, 1.165) is 10.2 Å². The SMILES string of the molecule is NCCC(=O)Nc1nc2ccc(Cl)cc2s1. The summed E-state index contributed by atoms with van der Waals surface area (Å²) >= 11 is 7.26. The van der Waals surface area contributed by atoms with Gasteiger partial charge in [0.05, 0.1) is 10.2 Å². The number of hydrogen-bond acceptors (Lipinski definition) is 4. The van der Waals surface area contributed by atoms with Gasteiger partial charge in [-0.15, -0.1) is 0 Å². The Morgan fingerprint density at radius 3 is 3.12 bits per heavy atom. The van der Waals surface area contributed by atoms with Crippen LogP contribution < -0.4 is 11.1 Å². The maximum Gasteiger partial charge on any atom is 0.227 e. The van der Waals surface area contributed by atoms with Crippen molar-refractivity contribution in [1.82, 2.24) is 4.98 Å². The molecule has 4 nitrogen and oxygen atoms in total. The second-order valence-corrected chi connectivity index (χ2v) is 4.69. The van der Waals surface area contributed by atoms with Gasteiger partial charge in [0.25, 0.3) is 0 Å². The zero-order valence-corrected chi connectivity index (χ0v) is 9.94. The predicted octanol–water partition coefficient (Wildman–Crippen LogP) is 2.24. The summed E-state index contributed by atoms with van der Waals surface area (Å²) in [4.78, 5) is 15.6. The molecule has 0 bridgehead atoms. The average molecular weight is 256 g/mol. The summed E-state index contributed by atoms with van der Waals surface area (Å²) in [6, 6.07) is 5.43. The van der Waals surface area contributed by atoms with Gasteiger partial charge in [-0.2, -0.15) is 0 Å². The molecule has 1 amide bonds. The predicted molar refractivity (Wildman–Crippen MR) is 66.9 cm³/mol. The van der Waals surface area contributed by atoms with Gasteiger partial charge in [0.1, 0.15) is 0 Å². The number of thiazole rings is 1. The Morgan fingerprint density at radius 1 is 1.56 bits per heavy atom. The highest BCUT2D eigenvalue weighted by molar-refractivity contribution is 7.22. The van der Waals surface area contributed by atoms with Crippen molar-refractivity contribution in [2.45, 2.75) is 6.42 Å². The Balaban J connectivity index is 2.23. The van der Waals surface area contributed by atoms with E-state index in [1.807, 2.05) is 12.1 Å². The maximum absolute atomic E-state index is 11.3. The van der Waals surface area contributed by atoms with Crippen LogP contribution in [0.15, 0.2) is 18.2 Å². The number of anilines is 1. The van der Waals surface area contributed by atoms with Gasteiger partial charge in [-0.05, 0) is 18.2 Å². The van der Waals surface area contributed by atoms with E-state index in [-0.39, 0.29) is 5.91 Å². The molecule has 0 aliphatic carbocycles. The summed E-state index contributed by atoms with van der Waals surface area (Å²) in [6.07, 6.45) is 0.302. The van der Waals surface area contributed by atoms with Gasteiger partial charge in [0, 0.05) is 18.0 Å². The van der Waals surface area contributed by atoms with Crippen molar-refractivity contribution >= 4 is 44.2 Å². The minimum absolute atomic E-state index is 0.118. The molecule has 0 spiro atoms. The number of benzene rings is 1. The summed E-state index contributed by atoms with van der Waals surface area (Å²) in [7, 11) is 0. The molecule has 0 saturated carbocycles. The lowest BCUT2D eigenvalue weighted by atomic mass is 10.3. The van der Waals surface area contributed by atoms with Gasteiger partial charge in [-0.25, -0.2) is 4.98 Å². The Labute approximate surface area is 101 Å². The van der Waals surface area contributed by atoms with Gasteiger partial charge in [0.2, 0.25) is 5.91 Å². The number of fused-ring (bicyclic) bond motifs is 1. The lowest BCUT2D eigenvalue weighted by Gasteiger charge is -1.97. The molecule has 1 aromatic carbocycles. The molecule has 16 heavy (non-hydrogen) atoms. The first-order valence-corrected chi connectivity index (χ1v) is 5.94. The van der Waals surface area contributed by atoms with Crippen LogP contribution in [0.4, 0.5) is 5.13 Å². The van der Waals surface area contributed by atoms with E-state index in [1.165, 1.54) is 11.3 Å². The molecule has 2 aromatic rings. The molecule has 0 aliphatic rings. The summed E-state index contributed by atoms with van der Waals surface area (Å²) in [5.41, 5.74) is 6.11. The first-order chi connectivity index (χ1) is 7.69. The molecule has 0 unspecified atom stereocenters. The fourth-order valence-electron chi connectivity index (χ4n) is 1.26. The summed E-state index contributed by atoms with van der Waals surface area (Å²) in [5, 5.41) is 3.94. The molecule has 0 saturated heterocycles. The van der Waals surface area contributed by atoms with E-state index < -0.39 is 0 Å². The van der Waals surface area contributed by atoms with Crippen molar-refractivity contribution in [2.75, 3.05) is 11.9 Å². The molecule has 3 N–H and O–H groups in total. The second kappa shape index (κ2) is 4.78. The molecule has 6 heteroatoms. The van der Waals surface area contributed by atoms with Crippen LogP contribution in [0.2, 0.25) is 5.02 Å². The lowest BCUT2D eigenvalue weighted by molar-refractivity contribution is -0.116. The summed E-state index contributed by atoms with van der Waals surface area (Å²) in [6.45, 7) is 0.336. The number of halogens is 1. The van der Waals surface area contributed by atoms with Crippen LogP contribution in [0.5, 0.6) is 0 Å². The number of nitrogens with zero attached hydrogens (tertiary/aromatic N) is 1. The van der Waals surface area contributed by atoms with Crippen LogP contribution >= 0.6 is 22.9 Å². The van der Waals surface area contributed by atoms with Crippen LogP contribution in [0, 0.1) is 0 Å². The van der Waals surface area contributed by atoms with Crippen LogP contribution in [0.1, 0.15) is 6.42 Å². The fourth-order valence-corrected chi connectivity index (χ4v) is 2.42. The standard InChI is InChI=1S/C10H10ClN3OS/c11-6-1-2-7-8(5-6)16-10(13-7)14-9(15)3-4-12/h1-2,5H,3-4,12H2,(H,13,14,15). The van der Waals surface area contributed by atoms with Crippen molar-refractivity contribution in [3.8, 4) is 0 Å². The van der Waals surface area contributed by atoms with Crippen molar-refractivity contribution < 1.29 is 4.79 Å². The van der Waals surface area contributed by atoms with Crippen LogP contribution in [-0.4, -0.2) is 17.4 Å². The molecule has 84 valence electrons. The Kier molecular flexibility index (Phi) is 3.38. The number of carbonyl (C=O) groups is 1. The summed E-state index contributed by atoms with van der Waals surface area (Å²) < 4.78 is 0.954. The molecule has 1 heterocycles. The molecule has 1 aromatic heterocycles.